The van der Waals surface area contributed by atoms with Crippen molar-refractivity contribution in [3.63, 3.8) is 0 Å². The minimum atomic E-state index is -0.467. The second-order valence-corrected chi connectivity index (χ2v) is 7.11. The molecule has 1 atom stereocenters. The van der Waals surface area contributed by atoms with E-state index in [0.717, 1.165) is 16.1 Å². The summed E-state index contributed by atoms with van der Waals surface area (Å²) in [7, 11) is 3.10. The number of rotatable bonds is 5. The summed E-state index contributed by atoms with van der Waals surface area (Å²) < 4.78 is 10.5. The number of amides is 2. The molecule has 0 aromatic heterocycles. The molecule has 0 saturated carbocycles. The summed E-state index contributed by atoms with van der Waals surface area (Å²) in [6.45, 7) is 1.87. The number of fused-ring (bicyclic) bond motifs is 1. The molecule has 2 aromatic carbocycles. The average molecular weight is 372 g/mol. The van der Waals surface area contributed by atoms with Crippen molar-refractivity contribution >= 4 is 35.0 Å². The van der Waals surface area contributed by atoms with E-state index in [1.54, 1.807) is 26.4 Å². The summed E-state index contributed by atoms with van der Waals surface area (Å²) in [6, 6.07) is 11.1. The molecule has 2 aromatic rings. The second kappa shape index (κ2) is 7.70. The number of nitrogens with one attached hydrogen (secondary N) is 2. The van der Waals surface area contributed by atoms with Crippen LogP contribution in [0.15, 0.2) is 41.3 Å². The van der Waals surface area contributed by atoms with E-state index >= 15 is 0 Å². The monoisotopic (exact) mass is 372 g/mol. The fourth-order valence-corrected chi connectivity index (χ4v) is 3.82. The first-order chi connectivity index (χ1) is 12.5. The Morgan fingerprint density at radius 1 is 1.19 bits per heavy atom. The largest absolute Gasteiger partial charge is 0.493 e. The first-order valence-electron chi connectivity index (χ1n) is 8.11. The highest BCUT2D eigenvalue weighted by Crippen LogP contribution is 2.37. The Kier molecular flexibility index (Phi) is 5.37. The topological polar surface area (TPSA) is 76.7 Å². The molecule has 136 valence electrons. The van der Waals surface area contributed by atoms with Crippen molar-refractivity contribution < 1.29 is 19.1 Å². The van der Waals surface area contributed by atoms with E-state index in [1.165, 1.54) is 11.8 Å². The van der Waals surface area contributed by atoms with Gasteiger partial charge in [0.15, 0.2) is 11.5 Å². The number of methoxy groups -OCH3 is 2. The summed E-state index contributed by atoms with van der Waals surface area (Å²) in [5.41, 5.74) is 2.27. The van der Waals surface area contributed by atoms with E-state index in [9.17, 15) is 9.59 Å². The van der Waals surface area contributed by atoms with Crippen LogP contribution in [0, 0.1) is 6.92 Å². The average Bonchev–Trinajstić information content (AvgIpc) is 2.63. The van der Waals surface area contributed by atoms with E-state index in [-0.39, 0.29) is 18.2 Å². The number of anilines is 2. The van der Waals surface area contributed by atoms with Gasteiger partial charge in [-0.1, -0.05) is 12.1 Å². The normalized spacial score (nSPS) is 15.7. The number of para-hydroxylation sites is 1. The van der Waals surface area contributed by atoms with Crippen molar-refractivity contribution in [3.05, 3.63) is 42.0 Å². The first-order valence-corrected chi connectivity index (χ1v) is 8.99. The lowest BCUT2D eigenvalue weighted by atomic mass is 10.1. The van der Waals surface area contributed by atoms with E-state index in [0.29, 0.717) is 17.2 Å². The number of hydrogen-bond acceptors (Lipinski definition) is 5. The highest BCUT2D eigenvalue weighted by molar-refractivity contribution is 8.01. The molecule has 2 amide bonds. The van der Waals surface area contributed by atoms with Gasteiger partial charge in [0, 0.05) is 23.1 Å². The van der Waals surface area contributed by atoms with Crippen LogP contribution in [-0.2, 0) is 9.59 Å². The molecule has 7 heteroatoms. The van der Waals surface area contributed by atoms with Crippen molar-refractivity contribution in [1.29, 1.82) is 0 Å². The number of carbonyl (C=O) groups excluding carboxylic acids is 2. The third-order valence-electron chi connectivity index (χ3n) is 4.08. The van der Waals surface area contributed by atoms with Gasteiger partial charge in [0.2, 0.25) is 11.8 Å². The van der Waals surface area contributed by atoms with E-state index in [1.807, 2.05) is 31.2 Å². The van der Waals surface area contributed by atoms with E-state index in [2.05, 4.69) is 10.6 Å². The van der Waals surface area contributed by atoms with Crippen molar-refractivity contribution in [3.8, 4) is 11.5 Å². The lowest BCUT2D eigenvalue weighted by Crippen LogP contribution is -2.32. The maximum atomic E-state index is 12.5. The van der Waals surface area contributed by atoms with Crippen LogP contribution in [-0.4, -0.2) is 31.3 Å². The van der Waals surface area contributed by atoms with Gasteiger partial charge in [0.1, 0.15) is 0 Å². The maximum absolute atomic E-state index is 12.5. The molecule has 0 fully saturated rings. The van der Waals surface area contributed by atoms with Crippen LogP contribution in [0.2, 0.25) is 0 Å². The summed E-state index contributed by atoms with van der Waals surface area (Å²) in [4.78, 5) is 25.7. The van der Waals surface area contributed by atoms with Crippen molar-refractivity contribution in [1.82, 2.24) is 0 Å². The van der Waals surface area contributed by atoms with Gasteiger partial charge in [-0.2, -0.15) is 0 Å². The van der Waals surface area contributed by atoms with Crippen molar-refractivity contribution in [2.24, 2.45) is 0 Å². The zero-order valence-electron chi connectivity index (χ0n) is 14.8. The Hall–Kier alpha value is -2.67. The zero-order valence-corrected chi connectivity index (χ0v) is 15.6. The number of thioether (sulfide) groups is 1. The minimum absolute atomic E-state index is 0.0820. The number of ether oxygens (including phenoxy) is 2. The standard InChI is InChI=1S/C19H20N2O4S/c1-11-8-14(24-2)15(25-3)9-13(11)20-18(22)10-17-19(23)21-12-6-4-5-7-16(12)26-17/h4-9,17H,10H2,1-3H3,(H,20,22)(H,21,23)/t17-/m0/s1. The maximum Gasteiger partial charge on any atom is 0.238 e. The molecule has 0 unspecified atom stereocenters. The Bertz CT molecular complexity index is 853. The highest BCUT2D eigenvalue weighted by Gasteiger charge is 2.29. The summed E-state index contributed by atoms with van der Waals surface area (Å²) >= 11 is 1.40. The first kappa shape index (κ1) is 18.1. The number of carbonyl (C=O) groups is 2. The van der Waals surface area contributed by atoms with Crippen LogP contribution in [0.3, 0.4) is 0 Å². The molecule has 1 heterocycles. The van der Waals surface area contributed by atoms with Crippen molar-refractivity contribution in [2.75, 3.05) is 24.9 Å². The van der Waals surface area contributed by atoms with Gasteiger partial charge < -0.3 is 20.1 Å². The molecule has 1 aliphatic rings. The molecule has 6 nitrogen and oxygen atoms in total. The highest BCUT2D eigenvalue weighted by atomic mass is 32.2. The van der Waals surface area contributed by atoms with Gasteiger partial charge in [-0.25, -0.2) is 0 Å². The Morgan fingerprint density at radius 3 is 2.62 bits per heavy atom. The molecule has 0 radical (unpaired) electrons. The van der Waals surface area contributed by atoms with Crippen LogP contribution in [0.25, 0.3) is 0 Å². The van der Waals surface area contributed by atoms with E-state index in [4.69, 9.17) is 9.47 Å². The Labute approximate surface area is 156 Å². The molecular formula is C19H20N2O4S. The molecule has 0 aliphatic carbocycles. The molecule has 0 spiro atoms. The lowest BCUT2D eigenvalue weighted by molar-refractivity contribution is -0.120. The SMILES string of the molecule is COc1cc(C)c(NC(=O)C[C@@H]2Sc3ccccc3NC2=O)cc1OC. The molecule has 0 saturated heterocycles. The van der Waals surface area contributed by atoms with Crippen LogP contribution in [0.4, 0.5) is 11.4 Å². The number of hydrogen-bond donors (Lipinski definition) is 2. The van der Waals surface area contributed by atoms with Crippen LogP contribution in [0.1, 0.15) is 12.0 Å². The molecule has 0 bridgehead atoms. The van der Waals surface area contributed by atoms with Gasteiger partial charge >= 0.3 is 0 Å². The fourth-order valence-electron chi connectivity index (χ4n) is 2.71. The number of aryl methyl sites for hydroxylation is 1. The van der Waals surface area contributed by atoms with Gasteiger partial charge in [0.25, 0.3) is 0 Å². The Morgan fingerprint density at radius 2 is 1.88 bits per heavy atom. The van der Waals surface area contributed by atoms with Crippen LogP contribution in [0.5, 0.6) is 11.5 Å². The third-order valence-corrected chi connectivity index (χ3v) is 5.36. The van der Waals surface area contributed by atoms with Gasteiger partial charge in [-0.15, -0.1) is 11.8 Å². The Balaban J connectivity index is 1.71. The minimum Gasteiger partial charge on any atom is -0.493 e. The quantitative estimate of drug-likeness (QED) is 0.841. The molecular weight excluding hydrogens is 352 g/mol. The van der Waals surface area contributed by atoms with E-state index < -0.39 is 5.25 Å². The molecule has 2 N–H and O–H groups in total. The molecule has 26 heavy (non-hydrogen) atoms. The molecule has 3 rings (SSSR count). The summed E-state index contributed by atoms with van der Waals surface area (Å²) in [6.07, 6.45) is 0.0820. The van der Waals surface area contributed by atoms with Gasteiger partial charge in [0.05, 0.1) is 25.2 Å². The predicted molar refractivity (Wildman–Crippen MR) is 102 cm³/mol. The predicted octanol–water partition coefficient (Wildman–Crippen LogP) is 3.45. The second-order valence-electron chi connectivity index (χ2n) is 5.87. The van der Waals surface area contributed by atoms with Gasteiger partial charge in [-0.05, 0) is 30.7 Å². The molecule has 1 aliphatic heterocycles. The summed E-state index contributed by atoms with van der Waals surface area (Å²) in [5, 5.41) is 5.24. The van der Waals surface area contributed by atoms with Crippen LogP contribution < -0.4 is 20.1 Å². The fraction of sp³-hybridized carbons (Fsp3) is 0.263. The zero-order chi connectivity index (χ0) is 18.7. The van der Waals surface area contributed by atoms with Crippen molar-refractivity contribution in [2.45, 2.75) is 23.5 Å². The third kappa shape index (κ3) is 3.77. The number of benzene rings is 2. The van der Waals surface area contributed by atoms with Gasteiger partial charge in [-0.3, -0.25) is 9.59 Å². The lowest BCUT2D eigenvalue weighted by Gasteiger charge is -2.23. The van der Waals surface area contributed by atoms with Crippen LogP contribution >= 0.6 is 11.8 Å². The smallest absolute Gasteiger partial charge is 0.238 e. The summed E-state index contributed by atoms with van der Waals surface area (Å²) in [5.74, 6) is 0.745.